The van der Waals surface area contributed by atoms with Crippen LogP contribution in [0.4, 0.5) is 0 Å². The van der Waals surface area contributed by atoms with Crippen molar-refractivity contribution < 1.29 is 20.1 Å². The van der Waals surface area contributed by atoms with Gasteiger partial charge in [-0.2, -0.15) is 0 Å². The van der Waals surface area contributed by atoms with Gasteiger partial charge in [-0.25, -0.2) is 0 Å². The molecule has 3 heteroatoms. The van der Waals surface area contributed by atoms with E-state index in [-0.39, 0.29) is 20.1 Å². The van der Waals surface area contributed by atoms with Gasteiger partial charge in [0.2, 0.25) is 0 Å². The van der Waals surface area contributed by atoms with Gasteiger partial charge in [-0.1, -0.05) is 79.7 Å². The fraction of sp³-hybridized carbons (Fsp3) is 0.0811. The van der Waals surface area contributed by atoms with Crippen LogP contribution in [-0.2, 0) is 26.5 Å². The molecule has 6 aromatic rings. The fourth-order valence-corrected chi connectivity index (χ4v) is 4.47. The molecule has 1 unspecified atom stereocenters. The van der Waals surface area contributed by atoms with Crippen molar-refractivity contribution in [3.05, 3.63) is 180 Å². The molecule has 0 amide bonds. The average molecular weight is 695 g/mol. The Morgan fingerprint density at radius 3 is 1.70 bits per heavy atom. The predicted octanol–water partition coefficient (Wildman–Crippen LogP) is 8.84. The first-order valence-corrected chi connectivity index (χ1v) is 13.2. The van der Waals surface area contributed by atoms with Gasteiger partial charge in [0.05, 0.1) is 0 Å². The molecule has 0 aliphatic rings. The van der Waals surface area contributed by atoms with Crippen molar-refractivity contribution in [3.8, 4) is 22.5 Å². The van der Waals surface area contributed by atoms with Crippen LogP contribution < -0.4 is 0 Å². The smallest absolute Gasteiger partial charge is 0.0163 e. The number of hydrogen-bond acceptors (Lipinski definition) is 2. The number of aromatic nitrogens is 2. The first kappa shape index (κ1) is 28.8. The van der Waals surface area contributed by atoms with E-state index >= 15 is 0 Å². The van der Waals surface area contributed by atoms with Gasteiger partial charge < -0.3 is 9.97 Å². The van der Waals surface area contributed by atoms with Crippen LogP contribution in [0.25, 0.3) is 22.5 Å². The molecule has 0 spiro atoms. The topological polar surface area (TPSA) is 25.8 Å². The number of rotatable bonds is 6. The van der Waals surface area contributed by atoms with E-state index in [4.69, 9.17) is 0 Å². The quantitative estimate of drug-likeness (QED) is 0.163. The second-order valence-corrected chi connectivity index (χ2v) is 9.37. The summed E-state index contributed by atoms with van der Waals surface area (Å²) in [7, 11) is 0. The molecular weight excluding hydrogens is 665 g/mol. The van der Waals surface area contributed by atoms with Crippen LogP contribution in [0.2, 0.25) is 0 Å². The molecule has 2 aromatic heterocycles. The third kappa shape index (κ3) is 7.92. The molecule has 0 bridgehead atoms. The molecule has 0 saturated carbocycles. The minimum Gasteiger partial charge on any atom is -0.305 e. The van der Waals surface area contributed by atoms with Gasteiger partial charge in [0.15, 0.2) is 0 Å². The monoisotopic (exact) mass is 695 g/mol. The standard InChI is InChI=1S/C19H16N.C18H14N.Ir/c1-15(16-8-4-2-5-9-16)18-12-13-20-19(14-18)17-10-6-3-7-11-17;1-3-7-15(8-4-1)13-16-11-12-19-18(14-16)17-9-5-2-6-10-17;/h2-10,12-15H,1H3;1-9,11-12,14H,13H2;/q2*-1;. The Morgan fingerprint density at radius 2 is 1.10 bits per heavy atom. The second-order valence-electron chi connectivity index (χ2n) is 9.37. The van der Waals surface area contributed by atoms with Crippen LogP contribution in [0, 0.1) is 12.1 Å². The van der Waals surface area contributed by atoms with E-state index in [1.807, 2.05) is 73.1 Å². The summed E-state index contributed by atoms with van der Waals surface area (Å²) in [6.45, 7) is 2.23. The van der Waals surface area contributed by atoms with Crippen molar-refractivity contribution in [1.82, 2.24) is 9.97 Å². The van der Waals surface area contributed by atoms with Crippen LogP contribution in [0.1, 0.15) is 35.1 Å². The van der Waals surface area contributed by atoms with Crippen molar-refractivity contribution in [2.24, 2.45) is 0 Å². The molecule has 0 aliphatic carbocycles. The summed E-state index contributed by atoms with van der Waals surface area (Å²) in [4.78, 5) is 8.87. The van der Waals surface area contributed by atoms with Crippen molar-refractivity contribution >= 4 is 0 Å². The normalized spacial score (nSPS) is 10.9. The van der Waals surface area contributed by atoms with Gasteiger partial charge in [-0.3, -0.25) is 0 Å². The van der Waals surface area contributed by atoms with Crippen molar-refractivity contribution in [2.45, 2.75) is 19.3 Å². The van der Waals surface area contributed by atoms with Gasteiger partial charge in [0, 0.05) is 38.4 Å². The molecule has 1 radical (unpaired) electrons. The number of benzene rings is 4. The first-order valence-electron chi connectivity index (χ1n) is 13.2. The Balaban J connectivity index is 0.000000181. The third-order valence-corrected chi connectivity index (χ3v) is 6.63. The summed E-state index contributed by atoms with van der Waals surface area (Å²) in [5, 5.41) is 0. The largest absolute Gasteiger partial charge is 0.305 e. The van der Waals surface area contributed by atoms with Crippen molar-refractivity contribution in [2.75, 3.05) is 0 Å². The molecule has 199 valence electrons. The molecule has 0 N–H and O–H groups in total. The van der Waals surface area contributed by atoms with E-state index in [0.717, 1.165) is 28.9 Å². The van der Waals surface area contributed by atoms with Gasteiger partial charge in [0.1, 0.15) is 0 Å². The van der Waals surface area contributed by atoms with Crippen LogP contribution >= 0.6 is 0 Å². The molecule has 0 aliphatic heterocycles. The molecular formula is C37H30IrN2-2. The molecule has 4 aromatic carbocycles. The summed E-state index contributed by atoms with van der Waals surface area (Å²) in [6.07, 6.45) is 4.68. The van der Waals surface area contributed by atoms with E-state index in [0.29, 0.717) is 5.92 Å². The van der Waals surface area contributed by atoms with Crippen LogP contribution in [0.15, 0.2) is 146 Å². The SMILES string of the molecule is CC(c1ccccc1)c1ccnc(-c2[c-]cccc2)c1.[Ir].[c-]1ccccc1-c1cc(Cc2ccccc2)ccn1. The van der Waals surface area contributed by atoms with Gasteiger partial charge >= 0.3 is 0 Å². The first-order chi connectivity index (χ1) is 19.3. The van der Waals surface area contributed by atoms with Gasteiger partial charge in [0.25, 0.3) is 0 Å². The molecule has 0 fully saturated rings. The zero-order valence-corrected chi connectivity index (χ0v) is 24.8. The summed E-state index contributed by atoms with van der Waals surface area (Å²) in [5.74, 6) is 0.363. The maximum atomic E-state index is 4.45. The summed E-state index contributed by atoms with van der Waals surface area (Å²) < 4.78 is 0. The minimum atomic E-state index is 0. The van der Waals surface area contributed by atoms with E-state index in [2.05, 4.69) is 102 Å². The Labute approximate surface area is 251 Å². The molecule has 0 saturated heterocycles. The fourth-order valence-electron chi connectivity index (χ4n) is 4.47. The zero-order valence-electron chi connectivity index (χ0n) is 22.4. The third-order valence-electron chi connectivity index (χ3n) is 6.63. The van der Waals surface area contributed by atoms with Crippen molar-refractivity contribution in [1.29, 1.82) is 0 Å². The molecule has 1 atom stereocenters. The summed E-state index contributed by atoms with van der Waals surface area (Å²) in [5.41, 5.74) is 9.22. The Hall–Kier alpha value is -4.17. The number of pyridine rings is 2. The Kier molecular flexibility index (Phi) is 10.7. The van der Waals surface area contributed by atoms with Crippen LogP contribution in [-0.4, -0.2) is 9.97 Å². The molecule has 40 heavy (non-hydrogen) atoms. The summed E-state index contributed by atoms with van der Waals surface area (Å²) >= 11 is 0. The van der Waals surface area contributed by atoms with E-state index in [1.54, 1.807) is 0 Å². The second kappa shape index (κ2) is 14.8. The number of nitrogens with zero attached hydrogens (tertiary/aromatic N) is 2. The van der Waals surface area contributed by atoms with Crippen molar-refractivity contribution in [3.63, 3.8) is 0 Å². The Bertz CT molecular complexity index is 1570. The van der Waals surface area contributed by atoms with Gasteiger partial charge in [-0.05, 0) is 52.2 Å². The zero-order chi connectivity index (χ0) is 26.7. The minimum absolute atomic E-state index is 0. The predicted molar refractivity (Wildman–Crippen MR) is 160 cm³/mol. The maximum Gasteiger partial charge on any atom is 0.0163 e. The molecule has 2 nitrogen and oxygen atoms in total. The number of hydrogen-bond donors (Lipinski definition) is 0. The van der Waals surface area contributed by atoms with E-state index in [1.165, 1.54) is 22.3 Å². The summed E-state index contributed by atoms with van der Waals surface area (Å²) in [6, 6.07) is 51.8. The van der Waals surface area contributed by atoms with Gasteiger partial charge in [-0.15, -0.1) is 71.8 Å². The average Bonchev–Trinajstić information content (AvgIpc) is 3.03. The maximum absolute atomic E-state index is 4.45. The molecule has 2 heterocycles. The molecule has 6 rings (SSSR count). The Morgan fingerprint density at radius 1 is 0.550 bits per heavy atom. The van der Waals surface area contributed by atoms with E-state index < -0.39 is 0 Å². The van der Waals surface area contributed by atoms with E-state index in [9.17, 15) is 0 Å². The van der Waals surface area contributed by atoms with Crippen LogP contribution in [0.5, 0.6) is 0 Å². The van der Waals surface area contributed by atoms with Crippen LogP contribution in [0.3, 0.4) is 0 Å².